The van der Waals surface area contributed by atoms with Crippen LogP contribution in [0.3, 0.4) is 0 Å². The number of carboxylic acid groups (broad SMARTS) is 1. The lowest BCUT2D eigenvalue weighted by molar-refractivity contribution is -0.132. The number of allylic oxidation sites excluding steroid dienone is 1. The second kappa shape index (κ2) is 7.75. The van der Waals surface area contributed by atoms with Gasteiger partial charge in [-0.25, -0.2) is 9.48 Å². The monoisotopic (exact) mass is 404 g/mol. The number of ether oxygens (including phenoxy) is 1. The molecule has 8 nitrogen and oxygen atoms in total. The number of aryl methyl sites for hydroxylation is 1. The molecule has 2 heterocycles. The molecule has 30 heavy (non-hydrogen) atoms. The number of carboxylic acids is 1. The zero-order valence-electron chi connectivity index (χ0n) is 16.4. The third kappa shape index (κ3) is 3.62. The molecule has 1 amide bonds. The summed E-state index contributed by atoms with van der Waals surface area (Å²) in [6.07, 6.45) is 3.01. The third-order valence-electron chi connectivity index (χ3n) is 4.88. The van der Waals surface area contributed by atoms with Crippen molar-refractivity contribution in [1.82, 2.24) is 9.78 Å². The van der Waals surface area contributed by atoms with Gasteiger partial charge in [-0.1, -0.05) is 29.8 Å². The molecule has 8 heteroatoms. The Morgan fingerprint density at radius 1 is 1.13 bits per heavy atom. The zero-order valence-corrected chi connectivity index (χ0v) is 16.4. The van der Waals surface area contributed by atoms with Gasteiger partial charge in [0.25, 0.3) is 5.91 Å². The lowest BCUT2D eigenvalue weighted by Gasteiger charge is -2.24. The fourth-order valence-corrected chi connectivity index (χ4v) is 3.26. The number of benzene rings is 2. The molecule has 1 unspecified atom stereocenters. The van der Waals surface area contributed by atoms with Crippen LogP contribution in [0.1, 0.15) is 27.5 Å². The van der Waals surface area contributed by atoms with Gasteiger partial charge in [0.1, 0.15) is 22.8 Å². The molecule has 1 aliphatic heterocycles. The summed E-state index contributed by atoms with van der Waals surface area (Å²) in [5.74, 6) is -0.509. The Morgan fingerprint density at radius 2 is 1.83 bits per heavy atom. The summed E-state index contributed by atoms with van der Waals surface area (Å²) in [5, 5.41) is 19.5. The number of rotatable bonds is 5. The molecule has 0 saturated heterocycles. The lowest BCUT2D eigenvalue weighted by atomic mass is 10.0. The Hall–Kier alpha value is -4.07. The first kappa shape index (κ1) is 19.3. The van der Waals surface area contributed by atoms with Crippen molar-refractivity contribution in [2.24, 2.45) is 0 Å². The van der Waals surface area contributed by atoms with Crippen LogP contribution in [0.15, 0.2) is 66.5 Å². The first-order valence-corrected chi connectivity index (χ1v) is 9.28. The van der Waals surface area contributed by atoms with Crippen molar-refractivity contribution in [1.29, 1.82) is 0 Å². The van der Waals surface area contributed by atoms with E-state index in [2.05, 4.69) is 15.7 Å². The summed E-state index contributed by atoms with van der Waals surface area (Å²) in [6.45, 7) is 1.98. The molecule has 3 aromatic rings. The van der Waals surface area contributed by atoms with E-state index in [0.29, 0.717) is 17.3 Å². The molecule has 1 atom stereocenters. The van der Waals surface area contributed by atoms with E-state index in [-0.39, 0.29) is 11.3 Å². The van der Waals surface area contributed by atoms with Crippen LogP contribution in [0.5, 0.6) is 5.75 Å². The largest absolute Gasteiger partial charge is 0.497 e. The van der Waals surface area contributed by atoms with Gasteiger partial charge >= 0.3 is 5.97 Å². The Kier molecular flexibility index (Phi) is 4.97. The average Bonchev–Trinajstić information content (AvgIpc) is 3.18. The number of nitrogens with zero attached hydrogens (tertiary/aromatic N) is 2. The minimum atomic E-state index is -1.11. The molecular formula is C22H20N4O4. The number of methoxy groups -OCH3 is 1. The Balaban J connectivity index is 1.68. The maximum absolute atomic E-state index is 12.9. The van der Waals surface area contributed by atoms with E-state index in [0.717, 1.165) is 11.1 Å². The van der Waals surface area contributed by atoms with E-state index >= 15 is 0 Å². The minimum absolute atomic E-state index is 0.00734. The lowest BCUT2D eigenvalue weighted by Crippen LogP contribution is -2.25. The highest BCUT2D eigenvalue weighted by atomic mass is 16.5. The number of aliphatic carboxylic acids is 1. The van der Waals surface area contributed by atoms with Crippen molar-refractivity contribution >= 4 is 23.4 Å². The fraction of sp³-hybridized carbons (Fsp3) is 0.136. The first-order valence-electron chi connectivity index (χ1n) is 9.28. The predicted molar refractivity (Wildman–Crippen MR) is 112 cm³/mol. The van der Waals surface area contributed by atoms with Crippen LogP contribution in [0.25, 0.3) is 0 Å². The van der Waals surface area contributed by atoms with Gasteiger partial charge in [-0.15, -0.1) is 0 Å². The molecule has 1 aromatic heterocycles. The van der Waals surface area contributed by atoms with Crippen molar-refractivity contribution < 1.29 is 19.4 Å². The smallest absolute Gasteiger partial charge is 0.352 e. The number of carbonyl (C=O) groups is 2. The Morgan fingerprint density at radius 3 is 2.47 bits per heavy atom. The van der Waals surface area contributed by atoms with E-state index in [1.165, 1.54) is 6.20 Å². The number of anilines is 2. The van der Waals surface area contributed by atoms with Gasteiger partial charge in [0.2, 0.25) is 0 Å². The summed E-state index contributed by atoms with van der Waals surface area (Å²) in [5.41, 5.74) is 2.78. The molecule has 0 radical (unpaired) electrons. The minimum Gasteiger partial charge on any atom is -0.497 e. The summed E-state index contributed by atoms with van der Waals surface area (Å²) in [4.78, 5) is 24.5. The molecular weight excluding hydrogens is 384 g/mol. The van der Waals surface area contributed by atoms with Crippen LogP contribution in [0.4, 0.5) is 11.5 Å². The Bertz CT molecular complexity index is 1130. The fourth-order valence-electron chi connectivity index (χ4n) is 3.26. The number of nitrogens with one attached hydrogen (secondary N) is 2. The molecule has 0 aliphatic carbocycles. The molecule has 0 spiro atoms. The number of carbonyl (C=O) groups excluding carboxylic acids is 1. The van der Waals surface area contributed by atoms with Crippen molar-refractivity contribution in [3.05, 3.63) is 83.2 Å². The van der Waals surface area contributed by atoms with E-state index in [4.69, 9.17) is 4.74 Å². The molecule has 152 valence electrons. The number of aromatic nitrogens is 2. The quantitative estimate of drug-likeness (QED) is 0.602. The van der Waals surface area contributed by atoms with E-state index in [1.807, 2.05) is 31.2 Å². The second-order valence-corrected chi connectivity index (χ2v) is 6.90. The number of hydrogen-bond acceptors (Lipinski definition) is 5. The summed E-state index contributed by atoms with van der Waals surface area (Å²) in [6, 6.07) is 14.2. The molecule has 0 saturated carbocycles. The SMILES string of the molecule is COc1ccc(NC(=O)c2cnn3c2NC(C(=O)O)=CC3c2ccc(C)cc2)cc1. The van der Waals surface area contributed by atoms with Gasteiger partial charge in [-0.2, -0.15) is 5.10 Å². The summed E-state index contributed by atoms with van der Waals surface area (Å²) in [7, 11) is 1.57. The first-order chi connectivity index (χ1) is 14.5. The van der Waals surface area contributed by atoms with Crippen LogP contribution in [-0.2, 0) is 4.79 Å². The maximum Gasteiger partial charge on any atom is 0.352 e. The highest BCUT2D eigenvalue weighted by Gasteiger charge is 2.29. The van der Waals surface area contributed by atoms with Crippen molar-refractivity contribution in [2.75, 3.05) is 17.7 Å². The number of amides is 1. The van der Waals surface area contributed by atoms with Crippen molar-refractivity contribution in [3.63, 3.8) is 0 Å². The van der Waals surface area contributed by atoms with Gasteiger partial charge in [0, 0.05) is 5.69 Å². The van der Waals surface area contributed by atoms with Crippen molar-refractivity contribution in [3.8, 4) is 5.75 Å². The molecule has 0 fully saturated rings. The maximum atomic E-state index is 12.9. The molecule has 4 rings (SSSR count). The van der Waals surface area contributed by atoms with Crippen LogP contribution < -0.4 is 15.4 Å². The van der Waals surface area contributed by atoms with Crippen LogP contribution in [0, 0.1) is 6.92 Å². The van der Waals surface area contributed by atoms with Crippen LogP contribution in [0.2, 0.25) is 0 Å². The van der Waals surface area contributed by atoms with Gasteiger partial charge in [0.15, 0.2) is 0 Å². The third-order valence-corrected chi connectivity index (χ3v) is 4.88. The van der Waals surface area contributed by atoms with E-state index < -0.39 is 17.9 Å². The van der Waals surface area contributed by atoms with Gasteiger partial charge in [0.05, 0.1) is 19.3 Å². The molecule has 0 bridgehead atoms. The highest BCUT2D eigenvalue weighted by molar-refractivity contribution is 6.08. The summed E-state index contributed by atoms with van der Waals surface area (Å²) < 4.78 is 6.73. The zero-order chi connectivity index (χ0) is 21.3. The van der Waals surface area contributed by atoms with Crippen LogP contribution >= 0.6 is 0 Å². The van der Waals surface area contributed by atoms with Gasteiger partial charge < -0.3 is 20.5 Å². The number of fused-ring (bicyclic) bond motifs is 1. The number of hydrogen-bond donors (Lipinski definition) is 3. The highest BCUT2D eigenvalue weighted by Crippen LogP contribution is 2.32. The predicted octanol–water partition coefficient (Wildman–Crippen LogP) is 3.44. The van der Waals surface area contributed by atoms with Crippen molar-refractivity contribution in [2.45, 2.75) is 13.0 Å². The molecule has 2 aromatic carbocycles. The van der Waals surface area contributed by atoms with Crippen LogP contribution in [-0.4, -0.2) is 33.9 Å². The standard InChI is InChI=1S/C22H20N4O4/c1-13-3-5-14(6-4-13)19-11-18(22(28)29)25-20-17(12-23-26(19)20)21(27)24-15-7-9-16(30-2)10-8-15/h3-12,19,25H,1-2H3,(H,24,27)(H,28,29). The van der Waals surface area contributed by atoms with E-state index in [1.54, 1.807) is 42.1 Å². The molecule has 3 N–H and O–H groups in total. The second-order valence-electron chi connectivity index (χ2n) is 6.90. The Labute approximate surface area is 172 Å². The summed E-state index contributed by atoms with van der Waals surface area (Å²) >= 11 is 0. The van der Waals surface area contributed by atoms with E-state index in [9.17, 15) is 14.7 Å². The molecule has 1 aliphatic rings. The normalized spacial score (nSPS) is 14.9. The van der Waals surface area contributed by atoms with Gasteiger partial charge in [-0.05, 0) is 42.8 Å². The van der Waals surface area contributed by atoms with Gasteiger partial charge in [-0.3, -0.25) is 4.79 Å². The topological polar surface area (TPSA) is 105 Å². The average molecular weight is 404 g/mol.